The molecule has 0 aromatic carbocycles. The van der Waals surface area contributed by atoms with Crippen LogP contribution >= 0.6 is 0 Å². The van der Waals surface area contributed by atoms with Gasteiger partial charge in [0.15, 0.2) is 0 Å². The van der Waals surface area contributed by atoms with E-state index in [4.69, 9.17) is 0 Å². The van der Waals surface area contributed by atoms with E-state index < -0.39 is 0 Å². The molecule has 1 saturated heterocycles. The van der Waals surface area contributed by atoms with E-state index in [1.54, 1.807) is 0 Å². The largest absolute Gasteiger partial charge is 0.356 e. The van der Waals surface area contributed by atoms with E-state index in [1.165, 1.54) is 6.42 Å². The number of carbonyl (C=O) groups excluding carboxylic acids is 1. The smallest absolute Gasteiger partial charge is 0.220 e. The number of carbonyl (C=O) groups is 1. The summed E-state index contributed by atoms with van der Waals surface area (Å²) in [5.41, 5.74) is 0.309. The van der Waals surface area contributed by atoms with Crippen molar-refractivity contribution >= 4 is 5.91 Å². The van der Waals surface area contributed by atoms with Crippen LogP contribution in [0.25, 0.3) is 0 Å². The van der Waals surface area contributed by atoms with Crippen LogP contribution < -0.4 is 10.6 Å². The van der Waals surface area contributed by atoms with Crippen LogP contribution in [-0.2, 0) is 4.79 Å². The molecule has 0 saturated carbocycles. The van der Waals surface area contributed by atoms with E-state index in [1.807, 2.05) is 0 Å². The molecule has 0 aliphatic carbocycles. The number of rotatable bonds is 5. The fraction of sp³-hybridized carbons (Fsp3) is 0.938. The fourth-order valence-electron chi connectivity index (χ4n) is 3.12. The van der Waals surface area contributed by atoms with E-state index in [9.17, 15) is 4.79 Å². The van der Waals surface area contributed by atoms with Gasteiger partial charge in [0, 0.05) is 13.0 Å². The Morgan fingerprint density at radius 2 is 2.11 bits per heavy atom. The number of nitrogens with one attached hydrogen (secondary N) is 2. The van der Waals surface area contributed by atoms with E-state index in [0.717, 1.165) is 26.1 Å². The number of amides is 1. The maximum Gasteiger partial charge on any atom is 0.220 e. The van der Waals surface area contributed by atoms with Crippen molar-refractivity contribution in [3.63, 3.8) is 0 Å². The van der Waals surface area contributed by atoms with E-state index in [-0.39, 0.29) is 5.91 Å². The summed E-state index contributed by atoms with van der Waals surface area (Å²) in [6.07, 6.45) is 2.94. The quantitative estimate of drug-likeness (QED) is 0.805. The molecule has 2 N–H and O–H groups in total. The molecule has 112 valence electrons. The van der Waals surface area contributed by atoms with Gasteiger partial charge >= 0.3 is 0 Å². The summed E-state index contributed by atoms with van der Waals surface area (Å²) in [6, 6.07) is 0. The Bertz CT molecular complexity index is 283. The third-order valence-corrected chi connectivity index (χ3v) is 4.02. The summed E-state index contributed by atoms with van der Waals surface area (Å²) in [4.78, 5) is 12.0. The van der Waals surface area contributed by atoms with E-state index in [2.05, 4.69) is 45.3 Å². The molecule has 3 heteroatoms. The zero-order chi connectivity index (χ0) is 14.5. The summed E-state index contributed by atoms with van der Waals surface area (Å²) >= 11 is 0. The summed E-state index contributed by atoms with van der Waals surface area (Å²) in [5, 5.41) is 6.53. The Kier molecular flexibility index (Phi) is 6.31. The molecule has 0 aromatic rings. The van der Waals surface area contributed by atoms with Gasteiger partial charge in [-0.05, 0) is 49.1 Å². The van der Waals surface area contributed by atoms with Gasteiger partial charge < -0.3 is 10.6 Å². The van der Waals surface area contributed by atoms with Crippen molar-refractivity contribution in [3.8, 4) is 0 Å². The van der Waals surface area contributed by atoms with Gasteiger partial charge in [0.05, 0.1) is 0 Å². The van der Waals surface area contributed by atoms with Crippen LogP contribution in [-0.4, -0.2) is 25.5 Å². The lowest BCUT2D eigenvalue weighted by molar-refractivity contribution is -0.122. The van der Waals surface area contributed by atoms with Crippen molar-refractivity contribution in [2.45, 2.75) is 53.9 Å². The fourth-order valence-corrected chi connectivity index (χ4v) is 3.12. The molecule has 1 rings (SSSR count). The molecule has 0 spiro atoms. The molecule has 1 heterocycles. The maximum absolute atomic E-state index is 12.0. The molecule has 1 aliphatic heterocycles. The van der Waals surface area contributed by atoms with Gasteiger partial charge in [-0.2, -0.15) is 0 Å². The highest BCUT2D eigenvalue weighted by atomic mass is 16.1. The Hall–Kier alpha value is -0.570. The molecule has 19 heavy (non-hydrogen) atoms. The molecule has 3 atom stereocenters. The van der Waals surface area contributed by atoms with Gasteiger partial charge in [0.2, 0.25) is 5.91 Å². The zero-order valence-electron chi connectivity index (χ0n) is 13.4. The predicted molar refractivity (Wildman–Crippen MR) is 81.0 cm³/mol. The molecule has 3 unspecified atom stereocenters. The number of hydrogen-bond donors (Lipinski definition) is 2. The molecular weight excluding hydrogens is 236 g/mol. The highest BCUT2D eigenvalue weighted by molar-refractivity contribution is 5.76. The van der Waals surface area contributed by atoms with Crippen molar-refractivity contribution in [2.24, 2.45) is 23.2 Å². The van der Waals surface area contributed by atoms with Crippen molar-refractivity contribution in [2.75, 3.05) is 19.6 Å². The topological polar surface area (TPSA) is 41.1 Å². The summed E-state index contributed by atoms with van der Waals surface area (Å²) < 4.78 is 0. The molecule has 0 bridgehead atoms. The van der Waals surface area contributed by atoms with Crippen LogP contribution in [0.1, 0.15) is 53.9 Å². The van der Waals surface area contributed by atoms with Crippen LogP contribution in [0.2, 0.25) is 0 Å². The summed E-state index contributed by atoms with van der Waals surface area (Å²) in [7, 11) is 0. The molecule has 1 amide bonds. The van der Waals surface area contributed by atoms with Crippen LogP contribution in [0.3, 0.4) is 0 Å². The van der Waals surface area contributed by atoms with Crippen molar-refractivity contribution in [3.05, 3.63) is 0 Å². The Morgan fingerprint density at radius 1 is 1.42 bits per heavy atom. The average molecular weight is 268 g/mol. The monoisotopic (exact) mass is 268 g/mol. The van der Waals surface area contributed by atoms with Gasteiger partial charge in [-0.15, -0.1) is 0 Å². The third kappa shape index (κ3) is 6.95. The molecule has 0 aromatic heterocycles. The highest BCUT2D eigenvalue weighted by Gasteiger charge is 2.22. The molecule has 0 radical (unpaired) electrons. The van der Waals surface area contributed by atoms with Crippen LogP contribution in [0.5, 0.6) is 0 Å². The van der Waals surface area contributed by atoms with Gasteiger partial charge in [-0.25, -0.2) is 0 Å². The zero-order valence-corrected chi connectivity index (χ0v) is 13.4. The first-order chi connectivity index (χ1) is 8.78. The lowest BCUT2D eigenvalue weighted by Gasteiger charge is -2.30. The highest BCUT2D eigenvalue weighted by Crippen LogP contribution is 2.25. The minimum absolute atomic E-state index is 0.225. The Balaban J connectivity index is 2.23. The van der Waals surface area contributed by atoms with Gasteiger partial charge in [-0.3, -0.25) is 4.79 Å². The van der Waals surface area contributed by atoms with Crippen LogP contribution in [0, 0.1) is 23.2 Å². The lowest BCUT2D eigenvalue weighted by atomic mass is 9.84. The van der Waals surface area contributed by atoms with Crippen molar-refractivity contribution < 1.29 is 4.79 Å². The van der Waals surface area contributed by atoms with Crippen LogP contribution in [0.15, 0.2) is 0 Å². The second kappa shape index (κ2) is 7.28. The second-order valence-electron chi connectivity index (χ2n) is 7.61. The third-order valence-electron chi connectivity index (χ3n) is 4.02. The van der Waals surface area contributed by atoms with Gasteiger partial charge in [-0.1, -0.05) is 34.6 Å². The van der Waals surface area contributed by atoms with Gasteiger partial charge in [0.1, 0.15) is 0 Å². The Labute approximate surface area is 118 Å². The average Bonchev–Trinajstić information content (AvgIpc) is 2.25. The lowest BCUT2D eigenvalue weighted by Crippen LogP contribution is -2.41. The normalized spacial score (nSPS) is 25.9. The molecule has 3 nitrogen and oxygen atoms in total. The molecular formula is C16H32N2O. The Morgan fingerprint density at radius 3 is 2.68 bits per heavy atom. The van der Waals surface area contributed by atoms with E-state index >= 15 is 0 Å². The first-order valence-corrected chi connectivity index (χ1v) is 7.75. The maximum atomic E-state index is 12.0. The standard InChI is InChI=1S/C16H32N2O/c1-12(9-16(3,4)5)8-15(19)18-11-14-6-7-17-10-13(14)2/h12-14,17H,6-11H2,1-5H3,(H,18,19). The second-order valence-corrected chi connectivity index (χ2v) is 7.61. The summed E-state index contributed by atoms with van der Waals surface area (Å²) in [6.45, 7) is 14.2. The van der Waals surface area contributed by atoms with Crippen LogP contribution in [0.4, 0.5) is 0 Å². The summed E-state index contributed by atoms with van der Waals surface area (Å²) in [5.74, 6) is 2.00. The molecule has 1 aliphatic rings. The number of piperidine rings is 1. The van der Waals surface area contributed by atoms with Crippen molar-refractivity contribution in [1.82, 2.24) is 10.6 Å². The van der Waals surface area contributed by atoms with Gasteiger partial charge in [0.25, 0.3) is 0 Å². The van der Waals surface area contributed by atoms with E-state index in [0.29, 0.717) is 29.6 Å². The van der Waals surface area contributed by atoms with Crippen molar-refractivity contribution in [1.29, 1.82) is 0 Å². The number of hydrogen-bond acceptors (Lipinski definition) is 2. The molecule has 1 fully saturated rings. The first kappa shape index (κ1) is 16.5. The minimum atomic E-state index is 0.225. The SMILES string of the molecule is CC(CC(=O)NCC1CCNCC1C)CC(C)(C)C. The predicted octanol–water partition coefficient (Wildman–Crippen LogP) is 2.81. The first-order valence-electron chi connectivity index (χ1n) is 7.75. The minimum Gasteiger partial charge on any atom is -0.356 e.